The summed E-state index contributed by atoms with van der Waals surface area (Å²) in [6.45, 7) is 33.8. The monoisotopic (exact) mass is 617 g/mol. The van der Waals surface area contributed by atoms with E-state index < -0.39 is 0 Å². The van der Waals surface area contributed by atoms with Crippen LogP contribution in [0.3, 0.4) is 0 Å². The molecule has 1 aliphatic carbocycles. The first-order valence-corrected chi connectivity index (χ1v) is 18.2. The zero-order valence-electron chi connectivity index (χ0n) is 30.4. The molecule has 4 nitrogen and oxygen atoms in total. The summed E-state index contributed by atoms with van der Waals surface area (Å²) in [6, 6.07) is 7.23. The lowest BCUT2D eigenvalue weighted by molar-refractivity contribution is 0.336. The van der Waals surface area contributed by atoms with Crippen molar-refractivity contribution in [1.82, 2.24) is 15.5 Å². The minimum atomic E-state index is 0.120. The molecule has 0 saturated carbocycles. The smallest absolute Gasteiger partial charge is 0.0809 e. The zero-order chi connectivity index (χ0) is 33.2. The number of aliphatic imine (C=N–C) groups is 1. The lowest BCUT2D eigenvalue weighted by Gasteiger charge is -2.36. The average molecular weight is 617 g/mol. The molecular formula is C41H68N4. The van der Waals surface area contributed by atoms with Crippen molar-refractivity contribution in [1.29, 1.82) is 0 Å². The molecular weight excluding hydrogens is 548 g/mol. The number of unbranched alkanes of at least 4 members (excludes halogenated alkanes) is 1. The Morgan fingerprint density at radius 2 is 1.76 bits per heavy atom. The van der Waals surface area contributed by atoms with Crippen LogP contribution in [0.25, 0.3) is 0 Å². The maximum atomic E-state index is 4.46. The summed E-state index contributed by atoms with van der Waals surface area (Å²) in [4.78, 5) is 6.75. The second kappa shape index (κ2) is 20.5. The molecule has 0 aliphatic heterocycles. The van der Waals surface area contributed by atoms with Crippen LogP contribution in [0.4, 0.5) is 0 Å². The number of nitrogens with one attached hydrogen (secondary N) is 2. The Morgan fingerprint density at radius 1 is 1.02 bits per heavy atom. The Labute approximate surface area is 278 Å². The van der Waals surface area contributed by atoms with Gasteiger partial charge in [-0.2, -0.15) is 0 Å². The summed E-state index contributed by atoms with van der Waals surface area (Å²) >= 11 is 0. The molecule has 4 heteroatoms. The predicted octanol–water partition coefficient (Wildman–Crippen LogP) is 10.2. The van der Waals surface area contributed by atoms with Crippen LogP contribution >= 0.6 is 0 Å². The fourth-order valence-corrected chi connectivity index (χ4v) is 6.97. The Bertz CT molecular complexity index is 1140. The lowest BCUT2D eigenvalue weighted by atomic mass is 9.71. The van der Waals surface area contributed by atoms with E-state index in [9.17, 15) is 0 Å². The summed E-state index contributed by atoms with van der Waals surface area (Å²) in [5.41, 5.74) is 10.5. The van der Waals surface area contributed by atoms with Gasteiger partial charge in [0.25, 0.3) is 0 Å². The van der Waals surface area contributed by atoms with Gasteiger partial charge in [0.05, 0.1) is 11.4 Å². The van der Waals surface area contributed by atoms with Crippen LogP contribution in [0.15, 0.2) is 70.7 Å². The first kappa shape index (κ1) is 38.6. The third kappa shape index (κ3) is 12.3. The van der Waals surface area contributed by atoms with Crippen LogP contribution in [0.5, 0.6) is 0 Å². The summed E-state index contributed by atoms with van der Waals surface area (Å²) in [7, 11) is 0. The van der Waals surface area contributed by atoms with Gasteiger partial charge in [-0.15, -0.1) is 0 Å². The maximum absolute atomic E-state index is 4.46. The fourth-order valence-electron chi connectivity index (χ4n) is 6.97. The molecule has 1 atom stereocenters. The van der Waals surface area contributed by atoms with Gasteiger partial charge in [-0.3, -0.25) is 4.99 Å². The molecule has 0 fully saturated rings. The van der Waals surface area contributed by atoms with E-state index in [-0.39, 0.29) is 5.41 Å². The van der Waals surface area contributed by atoms with E-state index in [0.717, 1.165) is 88.3 Å². The second-order valence-corrected chi connectivity index (χ2v) is 13.8. The quantitative estimate of drug-likeness (QED) is 0.0730. The highest BCUT2D eigenvalue weighted by atomic mass is 15.1. The van der Waals surface area contributed by atoms with Crippen LogP contribution in [0.1, 0.15) is 129 Å². The van der Waals surface area contributed by atoms with E-state index in [1.165, 1.54) is 66.4 Å². The summed E-state index contributed by atoms with van der Waals surface area (Å²) in [5, 5.41) is 7.49. The first-order chi connectivity index (χ1) is 21.6. The number of benzene rings is 1. The van der Waals surface area contributed by atoms with Gasteiger partial charge in [-0.1, -0.05) is 84.0 Å². The molecule has 1 aromatic carbocycles. The third-order valence-electron chi connectivity index (χ3n) is 9.82. The van der Waals surface area contributed by atoms with Gasteiger partial charge < -0.3 is 15.5 Å². The molecule has 1 aliphatic rings. The van der Waals surface area contributed by atoms with E-state index in [1.54, 1.807) is 0 Å². The number of rotatable bonds is 23. The van der Waals surface area contributed by atoms with Crippen molar-refractivity contribution < 1.29 is 0 Å². The second-order valence-electron chi connectivity index (χ2n) is 13.8. The number of nitrogens with zero attached hydrogens (tertiary/aromatic N) is 2. The standard InChI is InChI=1S/C41H68N4/c1-11-14-29-45(28-12-2)36(9)40(42-10)21-17-19-37-22-23-39(34(7)30-37)41(13-3,24-26-43-31-32(4)5)25-27-44-35(8)38-20-16-15-18-33(38)6/h21-23,30,32,43-44H,8-20,24-29,31H2,1-7H3/b40-21-. The number of hydrogen-bond donors (Lipinski definition) is 2. The molecule has 0 radical (unpaired) electrons. The fraction of sp³-hybridized carbons (Fsp3) is 0.634. The molecule has 2 rings (SSSR count). The molecule has 0 heterocycles. The van der Waals surface area contributed by atoms with Gasteiger partial charge in [0.15, 0.2) is 0 Å². The zero-order valence-corrected chi connectivity index (χ0v) is 30.4. The topological polar surface area (TPSA) is 39.7 Å². The summed E-state index contributed by atoms with van der Waals surface area (Å²) < 4.78 is 0. The van der Waals surface area contributed by atoms with Crippen LogP contribution in [-0.2, 0) is 11.8 Å². The normalized spacial score (nSPS) is 15.2. The van der Waals surface area contributed by atoms with Gasteiger partial charge in [0.2, 0.25) is 0 Å². The number of allylic oxidation sites excluding steroid dienone is 3. The van der Waals surface area contributed by atoms with E-state index >= 15 is 0 Å². The number of aryl methyl sites for hydroxylation is 2. The average Bonchev–Trinajstić information content (AvgIpc) is 3.02. The van der Waals surface area contributed by atoms with E-state index in [0.29, 0.717) is 5.92 Å². The molecule has 0 amide bonds. The lowest BCUT2D eigenvalue weighted by Crippen LogP contribution is -2.35. The van der Waals surface area contributed by atoms with Gasteiger partial charge in [-0.05, 0) is 138 Å². The van der Waals surface area contributed by atoms with Crippen molar-refractivity contribution in [2.24, 2.45) is 10.9 Å². The number of hydrogen-bond acceptors (Lipinski definition) is 4. The molecule has 252 valence electrons. The minimum absolute atomic E-state index is 0.120. The Kier molecular flexibility index (Phi) is 17.6. The maximum Gasteiger partial charge on any atom is 0.0809 e. The molecule has 0 spiro atoms. The van der Waals surface area contributed by atoms with Gasteiger partial charge >= 0.3 is 0 Å². The van der Waals surface area contributed by atoms with Crippen LogP contribution in [-0.4, -0.2) is 44.3 Å². The molecule has 1 unspecified atom stereocenters. The van der Waals surface area contributed by atoms with Crippen LogP contribution < -0.4 is 10.6 Å². The largest absolute Gasteiger partial charge is 0.385 e. The van der Waals surface area contributed by atoms with Crippen molar-refractivity contribution in [2.75, 3.05) is 32.7 Å². The first-order valence-electron chi connectivity index (χ1n) is 18.2. The van der Waals surface area contributed by atoms with Crippen molar-refractivity contribution in [3.63, 3.8) is 0 Å². The van der Waals surface area contributed by atoms with Crippen LogP contribution in [0, 0.1) is 12.8 Å². The van der Waals surface area contributed by atoms with Crippen molar-refractivity contribution in [3.8, 4) is 0 Å². The molecule has 0 aromatic heterocycles. The highest BCUT2D eigenvalue weighted by molar-refractivity contribution is 5.39. The molecule has 2 N–H and O–H groups in total. The van der Waals surface area contributed by atoms with E-state index in [4.69, 9.17) is 0 Å². The molecule has 0 bridgehead atoms. The van der Waals surface area contributed by atoms with Gasteiger partial charge in [0, 0.05) is 25.3 Å². The Morgan fingerprint density at radius 3 is 2.38 bits per heavy atom. The highest BCUT2D eigenvalue weighted by Gasteiger charge is 2.31. The minimum Gasteiger partial charge on any atom is -0.385 e. The summed E-state index contributed by atoms with van der Waals surface area (Å²) in [6.07, 6.45) is 15.9. The highest BCUT2D eigenvalue weighted by Crippen LogP contribution is 2.38. The third-order valence-corrected chi connectivity index (χ3v) is 9.82. The van der Waals surface area contributed by atoms with Crippen molar-refractivity contribution >= 4 is 6.72 Å². The summed E-state index contributed by atoms with van der Waals surface area (Å²) in [5.74, 6) is 0.660. The van der Waals surface area contributed by atoms with E-state index in [2.05, 4.69) is 113 Å². The molecule has 45 heavy (non-hydrogen) atoms. The molecule has 0 saturated heterocycles. The van der Waals surface area contributed by atoms with Gasteiger partial charge in [-0.25, -0.2) is 0 Å². The van der Waals surface area contributed by atoms with Crippen molar-refractivity contribution in [2.45, 2.75) is 131 Å². The van der Waals surface area contributed by atoms with Gasteiger partial charge in [0.1, 0.15) is 0 Å². The Hall–Kier alpha value is -2.59. The van der Waals surface area contributed by atoms with Crippen molar-refractivity contribution in [3.05, 3.63) is 82.4 Å². The molecule has 1 aromatic rings. The van der Waals surface area contributed by atoms with E-state index in [1.807, 2.05) is 0 Å². The van der Waals surface area contributed by atoms with Crippen LogP contribution in [0.2, 0.25) is 0 Å². The Balaban J connectivity index is 2.19. The SMILES string of the molecule is C=N/C(=C\CCc1ccc(C(CC)(CCNCC(C)C)CCNC(=C)C2=C(C)CCCC2)c(C)c1)C(=C)N(CCC)CCCC. The predicted molar refractivity (Wildman–Crippen MR) is 200 cm³/mol.